The summed E-state index contributed by atoms with van der Waals surface area (Å²) < 4.78 is 4.62. The zero-order valence-electron chi connectivity index (χ0n) is 27.3. The molecule has 3 saturated carbocycles. The van der Waals surface area contributed by atoms with Gasteiger partial charge in [-0.25, -0.2) is 0 Å². The van der Waals surface area contributed by atoms with Gasteiger partial charge < -0.3 is 20.5 Å². The summed E-state index contributed by atoms with van der Waals surface area (Å²) in [5.74, 6) is -0.0867. The van der Waals surface area contributed by atoms with E-state index < -0.39 is 30.1 Å². The lowest BCUT2D eigenvalue weighted by Gasteiger charge is -2.62. The number of nitrogens with zero attached hydrogens (tertiary/aromatic N) is 2. The molecule has 1 saturated heterocycles. The SMILES string of the molecule is COC(=O)CCNC(=O)c1cccc(-c2cccc(CN3O[C@@H](CN=O)[C@@H]([C@H](C)O)[C@H]3C(=O)N[C@H]3C[C@H]4C[C@@H]([C@@H]3C)C4(C)C)c2)c1. The summed E-state index contributed by atoms with van der Waals surface area (Å²) in [5.41, 5.74) is 3.26. The number of benzene rings is 2. The van der Waals surface area contributed by atoms with Crippen LogP contribution in [0.4, 0.5) is 0 Å². The van der Waals surface area contributed by atoms with E-state index in [-0.39, 0.29) is 49.3 Å². The van der Waals surface area contributed by atoms with E-state index in [9.17, 15) is 24.4 Å². The standard InChI is InChI=1S/C35H46N4O7/c1-20-27-16-26(35(27,3)4)17-28(20)38-34(43)32-31(21(2)40)29(18-37-44)46-39(32)19-22-8-6-9-23(14-22)24-10-7-11-25(15-24)33(42)36-13-12-30(41)45-5/h6-11,14-15,20-21,26-29,31-32,40H,12-13,16-19H2,1-5H3,(H,36,42)(H,38,43)/t20-,21-,26+,27-,28-,29-,31+,32-/m0/s1. The Balaban J connectivity index is 1.33. The van der Waals surface area contributed by atoms with Crippen molar-refractivity contribution in [1.82, 2.24) is 15.7 Å². The van der Waals surface area contributed by atoms with Gasteiger partial charge in [-0.2, -0.15) is 9.97 Å². The van der Waals surface area contributed by atoms with Crippen molar-refractivity contribution in [1.29, 1.82) is 0 Å². The molecule has 0 radical (unpaired) electrons. The molecule has 1 heterocycles. The highest BCUT2D eigenvalue weighted by atomic mass is 16.7. The smallest absolute Gasteiger partial charge is 0.307 e. The summed E-state index contributed by atoms with van der Waals surface area (Å²) in [6.07, 6.45) is 0.563. The molecule has 2 aromatic carbocycles. The van der Waals surface area contributed by atoms with Gasteiger partial charge in [0, 0.05) is 24.1 Å². The van der Waals surface area contributed by atoms with Crippen LogP contribution < -0.4 is 10.6 Å². The molecular formula is C35H46N4O7. The fraction of sp³-hybridized carbons (Fsp3) is 0.571. The molecule has 46 heavy (non-hydrogen) atoms. The highest BCUT2D eigenvalue weighted by Gasteiger charge is 2.57. The van der Waals surface area contributed by atoms with E-state index in [1.54, 1.807) is 30.2 Å². The quantitative estimate of drug-likeness (QED) is 0.234. The number of fused-ring (bicyclic) bond motifs is 2. The summed E-state index contributed by atoms with van der Waals surface area (Å²) in [6, 6.07) is 14.1. The summed E-state index contributed by atoms with van der Waals surface area (Å²) in [7, 11) is 1.30. The first-order valence-electron chi connectivity index (χ1n) is 16.2. The first kappa shape index (κ1) is 33.7. The Bertz CT molecular complexity index is 1450. The van der Waals surface area contributed by atoms with E-state index in [1.807, 2.05) is 30.3 Å². The van der Waals surface area contributed by atoms with Crippen LogP contribution in [0.5, 0.6) is 0 Å². The first-order chi connectivity index (χ1) is 21.9. The predicted molar refractivity (Wildman–Crippen MR) is 172 cm³/mol. The number of nitroso groups, excluding NO2 is 1. The van der Waals surface area contributed by atoms with Crippen molar-refractivity contribution in [3.8, 4) is 11.1 Å². The molecule has 4 aliphatic rings. The molecule has 2 aromatic rings. The number of carbonyl (C=O) groups excluding carboxylic acids is 3. The Labute approximate surface area is 270 Å². The number of ether oxygens (including phenoxy) is 1. The van der Waals surface area contributed by atoms with E-state index in [4.69, 9.17) is 4.84 Å². The molecule has 0 unspecified atom stereocenters. The van der Waals surface area contributed by atoms with Crippen LogP contribution in [-0.2, 0) is 25.7 Å². The average Bonchev–Trinajstić information content (AvgIpc) is 3.39. The monoisotopic (exact) mass is 634 g/mol. The van der Waals surface area contributed by atoms with Crippen LogP contribution in [0, 0.1) is 34.0 Å². The molecule has 11 nitrogen and oxygen atoms in total. The van der Waals surface area contributed by atoms with Crippen LogP contribution in [-0.4, -0.2) is 72.4 Å². The van der Waals surface area contributed by atoms with Crippen molar-refractivity contribution < 1.29 is 29.1 Å². The lowest BCUT2D eigenvalue weighted by molar-refractivity contribution is -0.175. The summed E-state index contributed by atoms with van der Waals surface area (Å²) in [6.45, 7) is 8.70. The van der Waals surface area contributed by atoms with Gasteiger partial charge in [-0.15, -0.1) is 0 Å². The van der Waals surface area contributed by atoms with Crippen molar-refractivity contribution in [2.45, 2.75) is 77.8 Å². The Morgan fingerprint density at radius 1 is 1.13 bits per heavy atom. The van der Waals surface area contributed by atoms with Crippen LogP contribution in [0.2, 0.25) is 0 Å². The van der Waals surface area contributed by atoms with Gasteiger partial charge in [0.1, 0.15) is 18.7 Å². The molecule has 1 aliphatic heterocycles. The molecule has 4 fully saturated rings. The fourth-order valence-electron chi connectivity index (χ4n) is 7.91. The number of aliphatic hydroxyl groups excluding tert-OH is 1. The normalized spacial score (nSPS) is 28.9. The number of esters is 1. The lowest BCUT2D eigenvalue weighted by Crippen LogP contribution is -2.62. The van der Waals surface area contributed by atoms with Crippen molar-refractivity contribution in [2.24, 2.45) is 34.3 Å². The second-order valence-corrected chi connectivity index (χ2v) is 13.7. The van der Waals surface area contributed by atoms with Crippen LogP contribution >= 0.6 is 0 Å². The second-order valence-electron chi connectivity index (χ2n) is 13.7. The van der Waals surface area contributed by atoms with Crippen LogP contribution in [0.15, 0.2) is 53.7 Å². The van der Waals surface area contributed by atoms with Gasteiger partial charge in [0.2, 0.25) is 5.91 Å². The van der Waals surface area contributed by atoms with Gasteiger partial charge in [-0.3, -0.25) is 19.2 Å². The summed E-state index contributed by atoms with van der Waals surface area (Å²) >= 11 is 0. The van der Waals surface area contributed by atoms with Crippen LogP contribution in [0.25, 0.3) is 11.1 Å². The van der Waals surface area contributed by atoms with Gasteiger partial charge in [0.15, 0.2) is 0 Å². The summed E-state index contributed by atoms with van der Waals surface area (Å²) in [4.78, 5) is 55.6. The molecule has 248 valence electrons. The first-order valence-corrected chi connectivity index (χ1v) is 16.2. The number of hydrogen-bond acceptors (Lipinski definition) is 9. The Hall–Kier alpha value is -3.67. The number of amides is 2. The Kier molecular flexibility index (Phi) is 10.2. The maximum absolute atomic E-state index is 14.0. The lowest BCUT2D eigenvalue weighted by atomic mass is 9.45. The van der Waals surface area contributed by atoms with Crippen molar-refractivity contribution in [2.75, 3.05) is 20.2 Å². The molecule has 6 rings (SSSR count). The highest BCUT2D eigenvalue weighted by molar-refractivity contribution is 5.95. The Morgan fingerprint density at radius 3 is 2.50 bits per heavy atom. The number of carbonyl (C=O) groups is 3. The van der Waals surface area contributed by atoms with E-state index in [1.165, 1.54) is 13.5 Å². The second kappa shape index (κ2) is 14.0. The maximum atomic E-state index is 14.0. The van der Waals surface area contributed by atoms with E-state index in [2.05, 4.69) is 41.3 Å². The zero-order valence-corrected chi connectivity index (χ0v) is 27.3. The molecule has 11 heteroatoms. The minimum Gasteiger partial charge on any atom is -0.469 e. The number of nitrogens with one attached hydrogen (secondary N) is 2. The average molecular weight is 635 g/mol. The predicted octanol–water partition coefficient (Wildman–Crippen LogP) is 4.08. The molecule has 2 amide bonds. The van der Waals surface area contributed by atoms with Gasteiger partial charge in [0.05, 0.1) is 26.2 Å². The zero-order chi connectivity index (χ0) is 33.2. The van der Waals surface area contributed by atoms with E-state index in [0.717, 1.165) is 23.1 Å². The minimum atomic E-state index is -0.906. The fourth-order valence-corrected chi connectivity index (χ4v) is 7.91. The van der Waals surface area contributed by atoms with Gasteiger partial charge in [-0.1, -0.05) is 56.3 Å². The number of hydroxylamine groups is 2. The van der Waals surface area contributed by atoms with E-state index >= 15 is 0 Å². The largest absolute Gasteiger partial charge is 0.469 e. The third-order valence-electron chi connectivity index (χ3n) is 10.7. The molecule has 3 N–H and O–H groups in total. The number of hydrogen-bond donors (Lipinski definition) is 3. The molecular weight excluding hydrogens is 588 g/mol. The third kappa shape index (κ3) is 6.86. The molecule has 2 bridgehead atoms. The molecule has 3 aliphatic carbocycles. The third-order valence-corrected chi connectivity index (χ3v) is 10.7. The van der Waals surface area contributed by atoms with Gasteiger partial charge in [0.25, 0.3) is 5.91 Å². The Morgan fingerprint density at radius 2 is 1.85 bits per heavy atom. The number of methoxy groups -OCH3 is 1. The van der Waals surface area contributed by atoms with Crippen LogP contribution in [0.1, 0.15) is 62.9 Å². The van der Waals surface area contributed by atoms with Crippen molar-refractivity contribution in [3.63, 3.8) is 0 Å². The molecule has 8 atom stereocenters. The highest BCUT2D eigenvalue weighted by Crippen LogP contribution is 2.61. The molecule has 0 spiro atoms. The van der Waals surface area contributed by atoms with Gasteiger partial charge in [-0.05, 0) is 77.8 Å². The minimum absolute atomic E-state index is 0.0392. The maximum Gasteiger partial charge on any atom is 0.307 e. The molecule has 0 aromatic heterocycles. The van der Waals surface area contributed by atoms with Gasteiger partial charge >= 0.3 is 5.97 Å². The van der Waals surface area contributed by atoms with Crippen LogP contribution in [0.3, 0.4) is 0 Å². The number of aliphatic hydroxyl groups is 1. The van der Waals surface area contributed by atoms with E-state index in [0.29, 0.717) is 23.3 Å². The topological polar surface area (TPSA) is 147 Å². The van der Waals surface area contributed by atoms with Crippen molar-refractivity contribution in [3.05, 3.63) is 64.6 Å². The number of rotatable bonds is 12. The van der Waals surface area contributed by atoms with Crippen molar-refractivity contribution >= 4 is 17.8 Å². The summed E-state index contributed by atoms with van der Waals surface area (Å²) in [5, 5.41) is 21.5.